The average Bonchev–Trinajstić information content (AvgIpc) is 1.82. The molecule has 0 aliphatic rings. The van der Waals surface area contributed by atoms with E-state index >= 15 is 0 Å². The summed E-state index contributed by atoms with van der Waals surface area (Å²) in [4.78, 5) is 7.72. The predicted octanol–water partition coefficient (Wildman–Crippen LogP) is -0.271. The minimum absolute atomic E-state index is 0.686. The molecule has 3 N–H and O–H groups in total. The highest BCUT2D eigenvalue weighted by Gasteiger charge is 2.44. The summed E-state index contributed by atoms with van der Waals surface area (Å²) in [5.74, 6) is 0. The number of halogens is 3. The maximum absolute atomic E-state index is 10.7. The van der Waals surface area contributed by atoms with Gasteiger partial charge in [0, 0.05) is 0 Å². The second kappa shape index (κ2) is 6.32. The number of hydrogen-bond acceptors (Lipinski definition) is 5. The first-order chi connectivity index (χ1) is 6.02. The summed E-state index contributed by atoms with van der Waals surface area (Å²) in [6, 6.07) is 0. The summed E-state index contributed by atoms with van der Waals surface area (Å²) in [7, 11) is -8.73. The van der Waals surface area contributed by atoms with Gasteiger partial charge in [0.05, 0.1) is 0 Å². The maximum atomic E-state index is 10.7. The molecule has 12 heteroatoms. The van der Waals surface area contributed by atoms with Gasteiger partial charge in [0.2, 0.25) is 0 Å². The van der Waals surface area contributed by atoms with E-state index < -0.39 is 30.7 Å². The molecule has 0 aromatic carbocycles. The van der Waals surface area contributed by atoms with Crippen molar-refractivity contribution in [3.05, 3.63) is 0 Å². The Morgan fingerprint density at radius 2 is 1.64 bits per heavy atom. The van der Waals surface area contributed by atoms with Crippen LogP contribution in [0.5, 0.6) is 0 Å². The molecule has 0 aromatic rings. The van der Waals surface area contributed by atoms with E-state index in [0.29, 0.717) is 0 Å². The fourth-order valence-electron chi connectivity index (χ4n) is 0.0552. The Hall–Kier alpha value is -0.190. The van der Waals surface area contributed by atoms with E-state index in [1.807, 2.05) is 0 Å². The molecule has 0 bridgehead atoms. The van der Waals surface area contributed by atoms with E-state index in [2.05, 4.69) is 4.52 Å². The molecule has 0 aliphatic heterocycles. The molecule has 0 fully saturated rings. The molecular weight excluding hydrogens is 256 g/mol. The fraction of sp³-hybridized carbons (Fsp3) is 1.00. The number of alkyl halides is 3. The lowest BCUT2D eigenvalue weighted by Crippen LogP contribution is -2.21. The van der Waals surface area contributed by atoms with Crippen LogP contribution in [0, 0.1) is 0 Å². The third kappa shape index (κ3) is 9.89. The molecule has 7 nitrogen and oxygen atoms in total. The Morgan fingerprint density at radius 1 is 1.36 bits per heavy atom. The third-order valence-electron chi connectivity index (χ3n) is 0.481. The average molecular weight is 262 g/mol. The molecule has 14 heavy (non-hydrogen) atoms. The number of aliphatic hydroxyl groups is 1. The highest BCUT2D eigenvalue weighted by atomic mass is 32.2. The quantitative estimate of drug-likeness (QED) is 0.271. The van der Waals surface area contributed by atoms with Gasteiger partial charge in [0.25, 0.3) is 0 Å². The Bertz CT molecular complexity index is 269. The number of rotatable bonds is 2. The van der Waals surface area contributed by atoms with Crippen molar-refractivity contribution in [2.24, 2.45) is 0 Å². The van der Waals surface area contributed by atoms with E-state index in [0.717, 1.165) is 0 Å². The lowest BCUT2D eigenvalue weighted by molar-refractivity contribution is -0.0510. The summed E-state index contributed by atoms with van der Waals surface area (Å²) in [6.45, 7) is -0.686. The van der Waals surface area contributed by atoms with Crippen LogP contribution in [0.15, 0.2) is 0 Å². The van der Waals surface area contributed by atoms with Crippen LogP contribution in [0.3, 0.4) is 0 Å². The van der Waals surface area contributed by atoms with Gasteiger partial charge >= 0.3 is 23.9 Å². The summed E-state index contributed by atoms with van der Waals surface area (Å²) in [6.07, 6.45) is 0. The van der Waals surface area contributed by atoms with Crippen LogP contribution in [0.4, 0.5) is 13.2 Å². The second-order valence-corrected chi connectivity index (χ2v) is 3.69. The highest BCUT2D eigenvalue weighted by Crippen LogP contribution is 2.20. The minimum Gasteiger partial charge on any atom is -0.370 e. The lowest BCUT2D eigenvalue weighted by atomic mass is 11.6. The molecule has 0 heterocycles. The van der Waals surface area contributed by atoms with E-state index in [4.69, 9.17) is 23.0 Å². The van der Waals surface area contributed by atoms with Crippen LogP contribution in [0.1, 0.15) is 0 Å². The fourth-order valence-corrected chi connectivity index (χ4v) is 0.166. The van der Waals surface area contributed by atoms with Gasteiger partial charge in [-0.3, -0.25) is 13.6 Å². The number of aliphatic hydroxyl groups excluding tert-OH is 1. The summed E-state index contributed by atoms with van der Waals surface area (Å²) < 4.78 is 70.6. The second-order valence-electron chi connectivity index (χ2n) is 1.46. The van der Waals surface area contributed by atoms with Gasteiger partial charge in [-0.2, -0.15) is 21.6 Å². The zero-order valence-electron chi connectivity index (χ0n) is 6.22. The smallest absolute Gasteiger partial charge is 0.370 e. The Kier molecular flexibility index (Phi) is 7.34. The van der Waals surface area contributed by atoms with E-state index in [1.54, 1.807) is 0 Å². The van der Waals surface area contributed by atoms with Gasteiger partial charge in [-0.05, 0) is 0 Å². The van der Waals surface area contributed by atoms with Crippen molar-refractivity contribution in [1.29, 1.82) is 0 Å². The Morgan fingerprint density at radius 3 is 1.64 bits per heavy atom. The first-order valence-corrected chi connectivity index (χ1v) is 5.23. The molecule has 0 saturated heterocycles. The molecule has 0 spiro atoms. The number of hydrogen-bond donors (Lipinski definition) is 3. The van der Waals surface area contributed by atoms with Crippen molar-refractivity contribution in [2.75, 3.05) is 6.79 Å². The zero-order valence-corrected chi connectivity index (χ0v) is 8.04. The topological polar surface area (TPSA) is 121 Å². The standard InChI is InChI=1S/CHF3O3S.CH5O4P/c2-1(3,4)8(5,6)7;2-1-5-6(3)4/h(H,5,6,7);2,6H,1H2,(H,3,4). The van der Waals surface area contributed by atoms with Crippen molar-refractivity contribution in [1.82, 2.24) is 0 Å². The Balaban J connectivity index is 0. The van der Waals surface area contributed by atoms with Crippen LogP contribution >= 0.6 is 8.25 Å². The largest absolute Gasteiger partial charge is 0.522 e. The normalized spacial score (nSPS) is 14.1. The van der Waals surface area contributed by atoms with Crippen LogP contribution in [0.25, 0.3) is 0 Å². The molecule has 0 saturated carbocycles. The predicted molar refractivity (Wildman–Crippen MR) is 37.0 cm³/mol. The summed E-state index contributed by atoms with van der Waals surface area (Å²) in [5.41, 5.74) is -5.53. The summed E-state index contributed by atoms with van der Waals surface area (Å²) >= 11 is 0. The van der Waals surface area contributed by atoms with Crippen molar-refractivity contribution >= 4 is 18.4 Å². The first kappa shape index (κ1) is 16.2. The molecule has 0 aromatic heterocycles. The van der Waals surface area contributed by atoms with E-state index in [9.17, 15) is 17.7 Å². The third-order valence-corrected chi connectivity index (χ3v) is 1.44. The van der Waals surface area contributed by atoms with Gasteiger partial charge < -0.3 is 10.00 Å². The van der Waals surface area contributed by atoms with Gasteiger partial charge in [-0.25, -0.2) is 0 Å². The molecule has 0 aliphatic carbocycles. The lowest BCUT2D eigenvalue weighted by Gasteiger charge is -1.97. The highest BCUT2D eigenvalue weighted by molar-refractivity contribution is 7.86. The molecule has 1 atom stereocenters. The zero-order chi connectivity index (χ0) is 12.0. The van der Waals surface area contributed by atoms with Gasteiger partial charge in [0.1, 0.15) is 0 Å². The van der Waals surface area contributed by atoms with E-state index in [1.165, 1.54) is 0 Å². The molecule has 0 amide bonds. The Labute approximate surface area is 76.8 Å². The monoisotopic (exact) mass is 262 g/mol. The van der Waals surface area contributed by atoms with Gasteiger partial charge in [-0.1, -0.05) is 0 Å². The van der Waals surface area contributed by atoms with Crippen molar-refractivity contribution in [2.45, 2.75) is 5.51 Å². The van der Waals surface area contributed by atoms with Crippen molar-refractivity contribution in [3.8, 4) is 0 Å². The minimum atomic E-state index is -5.84. The maximum Gasteiger partial charge on any atom is 0.522 e. The van der Waals surface area contributed by atoms with Crippen molar-refractivity contribution < 1.29 is 45.2 Å². The van der Waals surface area contributed by atoms with Gasteiger partial charge in [0.15, 0.2) is 6.79 Å². The molecule has 1 unspecified atom stereocenters. The molecule has 0 radical (unpaired) electrons. The van der Waals surface area contributed by atoms with Crippen LogP contribution < -0.4 is 0 Å². The van der Waals surface area contributed by atoms with E-state index in [-0.39, 0.29) is 0 Å². The van der Waals surface area contributed by atoms with Crippen LogP contribution in [-0.4, -0.2) is 35.3 Å². The summed E-state index contributed by atoms with van der Waals surface area (Å²) in [5, 5.41) is 7.68. The first-order valence-electron chi connectivity index (χ1n) is 2.52. The van der Waals surface area contributed by atoms with Crippen LogP contribution in [0.2, 0.25) is 0 Å². The van der Waals surface area contributed by atoms with Crippen molar-refractivity contribution in [3.63, 3.8) is 0 Å². The molecule has 0 rings (SSSR count). The van der Waals surface area contributed by atoms with Crippen LogP contribution in [-0.2, 0) is 19.2 Å². The SMILES string of the molecule is O=S(=O)(O)C(F)(F)F.O=[PH](O)OCO. The molecular formula is C2H6F3O7PS. The van der Waals surface area contributed by atoms with Gasteiger partial charge in [-0.15, -0.1) is 0 Å². The molecule has 88 valence electrons.